The first kappa shape index (κ1) is 19.7. The molecule has 0 bridgehead atoms. The molecule has 1 aliphatic heterocycles. The van der Waals surface area contributed by atoms with E-state index in [-0.39, 0.29) is 24.7 Å². The van der Waals surface area contributed by atoms with Crippen LogP contribution >= 0.6 is 0 Å². The minimum atomic E-state index is -0.168. The summed E-state index contributed by atoms with van der Waals surface area (Å²) in [5.41, 5.74) is 1.34. The van der Waals surface area contributed by atoms with Crippen LogP contribution in [0.25, 0.3) is 0 Å². The number of likely N-dealkylation sites (tertiary alicyclic amines) is 1. The fourth-order valence-corrected chi connectivity index (χ4v) is 3.53. The quantitative estimate of drug-likeness (QED) is 0.710. The Bertz CT molecular complexity index is 513. The van der Waals surface area contributed by atoms with Gasteiger partial charge < -0.3 is 15.7 Å². The second-order valence-corrected chi connectivity index (χ2v) is 7.52. The zero-order valence-corrected chi connectivity index (χ0v) is 15.7. The smallest absolute Gasteiger partial charge is 0.315 e. The number of carbonyl (C=O) groups is 1. The third-order valence-electron chi connectivity index (χ3n) is 5.01. The Balaban J connectivity index is 1.75. The molecule has 1 aromatic carbocycles. The summed E-state index contributed by atoms with van der Waals surface area (Å²) in [7, 11) is 0. The molecule has 5 heteroatoms. The summed E-state index contributed by atoms with van der Waals surface area (Å²) in [6.45, 7) is 8.37. The Kier molecular flexibility index (Phi) is 7.72. The summed E-state index contributed by atoms with van der Waals surface area (Å²) in [6, 6.07) is 10.8. The third kappa shape index (κ3) is 6.33. The number of nitrogens with zero attached hydrogens (tertiary/aromatic N) is 1. The Hall–Kier alpha value is -1.59. The van der Waals surface area contributed by atoms with Gasteiger partial charge >= 0.3 is 6.03 Å². The van der Waals surface area contributed by atoms with E-state index < -0.39 is 0 Å². The van der Waals surface area contributed by atoms with Crippen molar-refractivity contribution < 1.29 is 9.90 Å². The van der Waals surface area contributed by atoms with Crippen LogP contribution < -0.4 is 10.6 Å². The number of nitrogens with one attached hydrogen (secondary N) is 2. The number of piperidine rings is 1. The first-order valence-electron chi connectivity index (χ1n) is 9.46. The zero-order chi connectivity index (χ0) is 18.2. The molecule has 3 N–H and O–H groups in total. The molecule has 2 amide bonds. The lowest BCUT2D eigenvalue weighted by molar-refractivity contribution is 0.151. The lowest BCUT2D eigenvalue weighted by Crippen LogP contribution is -2.51. The highest BCUT2D eigenvalue weighted by molar-refractivity contribution is 5.74. The van der Waals surface area contributed by atoms with Crippen molar-refractivity contribution in [2.45, 2.75) is 58.2 Å². The van der Waals surface area contributed by atoms with Crippen molar-refractivity contribution >= 4 is 6.03 Å². The lowest BCUT2D eigenvalue weighted by atomic mass is 10.0. The Morgan fingerprint density at radius 1 is 1.20 bits per heavy atom. The number of rotatable bonds is 7. The number of carbonyl (C=O) groups excluding carboxylic acids is 1. The highest BCUT2D eigenvalue weighted by atomic mass is 16.3. The monoisotopic (exact) mass is 347 g/mol. The van der Waals surface area contributed by atoms with Gasteiger partial charge in [-0.2, -0.15) is 0 Å². The van der Waals surface area contributed by atoms with E-state index in [2.05, 4.69) is 60.6 Å². The van der Waals surface area contributed by atoms with Gasteiger partial charge in [-0.05, 0) is 37.7 Å². The fourth-order valence-electron chi connectivity index (χ4n) is 3.53. The molecule has 25 heavy (non-hydrogen) atoms. The van der Waals surface area contributed by atoms with Crippen LogP contribution in [0, 0.1) is 5.92 Å². The summed E-state index contributed by atoms with van der Waals surface area (Å²) in [5.74, 6) is 0.445. The number of urea groups is 1. The van der Waals surface area contributed by atoms with Crippen LogP contribution in [0.3, 0.4) is 0 Å². The van der Waals surface area contributed by atoms with Crippen molar-refractivity contribution in [1.29, 1.82) is 0 Å². The number of hydrogen-bond acceptors (Lipinski definition) is 3. The minimum absolute atomic E-state index is 0.0152. The molecule has 1 fully saturated rings. The first-order chi connectivity index (χ1) is 12.0. The average Bonchev–Trinajstić information content (AvgIpc) is 2.61. The molecular formula is C20H33N3O2. The molecule has 0 aliphatic carbocycles. The van der Waals surface area contributed by atoms with Gasteiger partial charge in [0, 0.05) is 25.2 Å². The van der Waals surface area contributed by atoms with Crippen molar-refractivity contribution in [3.05, 3.63) is 35.9 Å². The third-order valence-corrected chi connectivity index (χ3v) is 5.01. The number of amides is 2. The maximum atomic E-state index is 12.2. The molecular weight excluding hydrogens is 314 g/mol. The summed E-state index contributed by atoms with van der Waals surface area (Å²) in [6.07, 6.45) is 2.70. The second kappa shape index (κ2) is 9.78. The van der Waals surface area contributed by atoms with E-state index in [4.69, 9.17) is 0 Å². The van der Waals surface area contributed by atoms with E-state index in [1.54, 1.807) is 0 Å². The van der Waals surface area contributed by atoms with Crippen LogP contribution in [-0.2, 0) is 0 Å². The number of benzene rings is 1. The molecule has 0 spiro atoms. The molecule has 1 aliphatic rings. The average molecular weight is 348 g/mol. The molecule has 1 aromatic rings. The van der Waals surface area contributed by atoms with Gasteiger partial charge in [0.25, 0.3) is 0 Å². The van der Waals surface area contributed by atoms with Crippen molar-refractivity contribution in [2.75, 3.05) is 19.7 Å². The first-order valence-corrected chi connectivity index (χ1v) is 9.46. The zero-order valence-electron chi connectivity index (χ0n) is 15.7. The standard InChI is InChI=1S/C20H33N3O2/c1-15(2)13-19(14-24)22-20(25)21-18-9-11-23(12-10-18)16(3)17-7-5-4-6-8-17/h4-8,15-16,18-19,24H,9-14H2,1-3H3,(H2,21,22,25). The molecule has 1 heterocycles. The molecule has 2 atom stereocenters. The molecule has 0 saturated carbocycles. The van der Waals surface area contributed by atoms with Gasteiger partial charge in [0.15, 0.2) is 0 Å². The van der Waals surface area contributed by atoms with Gasteiger partial charge in [-0.25, -0.2) is 4.79 Å². The predicted octanol–water partition coefficient (Wildman–Crippen LogP) is 2.92. The van der Waals surface area contributed by atoms with Gasteiger partial charge in [-0.1, -0.05) is 44.2 Å². The molecule has 2 rings (SSSR count). The van der Waals surface area contributed by atoms with Crippen molar-refractivity contribution in [1.82, 2.24) is 15.5 Å². The van der Waals surface area contributed by atoms with E-state index >= 15 is 0 Å². The maximum absolute atomic E-state index is 12.2. The van der Waals surface area contributed by atoms with Gasteiger partial charge in [0.2, 0.25) is 0 Å². The summed E-state index contributed by atoms with van der Waals surface area (Å²) < 4.78 is 0. The van der Waals surface area contributed by atoms with Crippen molar-refractivity contribution in [3.63, 3.8) is 0 Å². The van der Waals surface area contributed by atoms with Crippen LogP contribution in [-0.4, -0.2) is 47.8 Å². The molecule has 2 unspecified atom stereocenters. The second-order valence-electron chi connectivity index (χ2n) is 7.52. The van der Waals surface area contributed by atoms with E-state index in [9.17, 15) is 9.90 Å². The topological polar surface area (TPSA) is 64.6 Å². The summed E-state index contributed by atoms with van der Waals surface area (Å²) in [4.78, 5) is 14.6. The molecule has 0 aromatic heterocycles. The Labute approximate surface area is 151 Å². The van der Waals surface area contributed by atoms with Crippen LogP contribution in [0.15, 0.2) is 30.3 Å². The van der Waals surface area contributed by atoms with E-state index in [1.807, 2.05) is 6.07 Å². The van der Waals surface area contributed by atoms with Crippen LogP contribution in [0.4, 0.5) is 4.79 Å². The fraction of sp³-hybridized carbons (Fsp3) is 0.650. The molecule has 1 saturated heterocycles. The minimum Gasteiger partial charge on any atom is -0.394 e. The van der Waals surface area contributed by atoms with Crippen LogP contribution in [0.2, 0.25) is 0 Å². The van der Waals surface area contributed by atoms with Gasteiger partial charge in [0.05, 0.1) is 12.6 Å². The van der Waals surface area contributed by atoms with E-state index in [0.29, 0.717) is 12.0 Å². The van der Waals surface area contributed by atoms with Gasteiger partial charge in [-0.15, -0.1) is 0 Å². The van der Waals surface area contributed by atoms with Crippen LogP contribution in [0.5, 0.6) is 0 Å². The van der Waals surface area contributed by atoms with Gasteiger partial charge in [0.1, 0.15) is 0 Å². The largest absolute Gasteiger partial charge is 0.394 e. The molecule has 5 nitrogen and oxygen atoms in total. The number of aliphatic hydroxyl groups excluding tert-OH is 1. The lowest BCUT2D eigenvalue weighted by Gasteiger charge is -2.36. The highest BCUT2D eigenvalue weighted by Crippen LogP contribution is 2.23. The van der Waals surface area contributed by atoms with E-state index in [0.717, 1.165) is 32.4 Å². The number of hydrogen-bond donors (Lipinski definition) is 3. The normalized spacial score (nSPS) is 18.8. The molecule has 0 radical (unpaired) electrons. The Morgan fingerprint density at radius 2 is 1.84 bits per heavy atom. The SMILES string of the molecule is CC(C)CC(CO)NC(=O)NC1CCN(C(C)c2ccccc2)CC1. The van der Waals surface area contributed by atoms with Crippen LogP contribution in [0.1, 0.15) is 51.6 Å². The highest BCUT2D eigenvalue weighted by Gasteiger charge is 2.25. The summed E-state index contributed by atoms with van der Waals surface area (Å²) in [5, 5.41) is 15.3. The summed E-state index contributed by atoms with van der Waals surface area (Å²) >= 11 is 0. The Morgan fingerprint density at radius 3 is 2.40 bits per heavy atom. The van der Waals surface area contributed by atoms with Crippen molar-refractivity contribution in [2.24, 2.45) is 5.92 Å². The predicted molar refractivity (Wildman–Crippen MR) is 101 cm³/mol. The van der Waals surface area contributed by atoms with Gasteiger partial charge in [-0.3, -0.25) is 4.90 Å². The van der Waals surface area contributed by atoms with E-state index in [1.165, 1.54) is 5.56 Å². The number of aliphatic hydroxyl groups is 1. The molecule has 140 valence electrons. The maximum Gasteiger partial charge on any atom is 0.315 e. The van der Waals surface area contributed by atoms with Crippen molar-refractivity contribution in [3.8, 4) is 0 Å².